The van der Waals surface area contributed by atoms with Crippen molar-refractivity contribution in [2.75, 3.05) is 5.32 Å². The first-order valence-electron chi connectivity index (χ1n) is 7.90. The van der Waals surface area contributed by atoms with Gasteiger partial charge in [-0.2, -0.15) is 4.52 Å². The molecule has 0 radical (unpaired) electrons. The minimum atomic E-state index is 0.0796. The largest absolute Gasteiger partial charge is 0.300 e. The summed E-state index contributed by atoms with van der Waals surface area (Å²) in [7, 11) is 0. The van der Waals surface area contributed by atoms with Gasteiger partial charge in [0.2, 0.25) is 16.0 Å². The molecule has 1 aromatic carbocycles. The zero-order chi connectivity index (χ0) is 15.6. The van der Waals surface area contributed by atoms with Crippen molar-refractivity contribution in [3.05, 3.63) is 30.3 Å². The molecule has 0 spiro atoms. The number of hydrogen-bond donors (Lipinski definition) is 1. The zero-order valence-corrected chi connectivity index (χ0v) is 13.4. The van der Waals surface area contributed by atoms with Gasteiger partial charge < -0.3 is 5.32 Å². The second-order valence-corrected chi connectivity index (χ2v) is 6.77. The predicted molar refractivity (Wildman–Crippen MR) is 89.3 cm³/mol. The Kier molecular flexibility index (Phi) is 3.78. The van der Waals surface area contributed by atoms with Crippen molar-refractivity contribution >= 4 is 27.3 Å². The molecule has 6 nitrogen and oxygen atoms in total. The van der Waals surface area contributed by atoms with Crippen molar-refractivity contribution in [2.24, 2.45) is 5.92 Å². The van der Waals surface area contributed by atoms with Crippen molar-refractivity contribution in [1.82, 2.24) is 19.8 Å². The Bertz CT molecular complexity index is 819. The fourth-order valence-corrected chi connectivity index (χ4v) is 3.75. The molecule has 118 valence electrons. The van der Waals surface area contributed by atoms with Gasteiger partial charge in [-0.1, -0.05) is 60.9 Å². The molecule has 0 bridgehead atoms. The summed E-state index contributed by atoms with van der Waals surface area (Å²) in [5.74, 6) is 0.887. The molecule has 1 aliphatic rings. The highest BCUT2D eigenvalue weighted by atomic mass is 32.1. The van der Waals surface area contributed by atoms with Crippen LogP contribution in [0, 0.1) is 5.92 Å². The van der Waals surface area contributed by atoms with Gasteiger partial charge in [0, 0.05) is 11.5 Å². The third-order valence-electron chi connectivity index (χ3n) is 4.23. The number of rotatable bonds is 3. The molecule has 23 heavy (non-hydrogen) atoms. The summed E-state index contributed by atoms with van der Waals surface area (Å²) >= 11 is 1.35. The number of nitrogens with zero attached hydrogens (tertiary/aromatic N) is 4. The quantitative estimate of drug-likeness (QED) is 0.800. The molecule has 2 aromatic heterocycles. The highest BCUT2D eigenvalue weighted by Gasteiger charge is 2.22. The Morgan fingerprint density at radius 3 is 2.70 bits per heavy atom. The van der Waals surface area contributed by atoms with E-state index >= 15 is 0 Å². The first-order valence-corrected chi connectivity index (χ1v) is 8.71. The van der Waals surface area contributed by atoms with Gasteiger partial charge in [-0.3, -0.25) is 4.79 Å². The molecular formula is C16H17N5OS. The molecular weight excluding hydrogens is 310 g/mol. The SMILES string of the molecule is O=C(Nc1nn2c(-c3ccccc3)nnc2s1)C1CCCCC1. The number of carbonyl (C=O) groups is 1. The normalized spacial score (nSPS) is 15.8. The molecule has 3 aromatic rings. The lowest BCUT2D eigenvalue weighted by molar-refractivity contribution is -0.120. The molecule has 0 aliphatic heterocycles. The van der Waals surface area contributed by atoms with Crippen LogP contribution in [0.15, 0.2) is 30.3 Å². The van der Waals surface area contributed by atoms with E-state index in [0.29, 0.717) is 15.9 Å². The summed E-state index contributed by atoms with van der Waals surface area (Å²) in [4.78, 5) is 13.0. The lowest BCUT2D eigenvalue weighted by Crippen LogP contribution is -2.24. The molecule has 0 atom stereocenters. The van der Waals surface area contributed by atoms with Crippen LogP contribution in [0.3, 0.4) is 0 Å². The van der Waals surface area contributed by atoms with E-state index in [2.05, 4.69) is 20.6 Å². The summed E-state index contributed by atoms with van der Waals surface area (Å²) in [6, 6.07) is 9.80. The Hall–Kier alpha value is -2.28. The van der Waals surface area contributed by atoms with Gasteiger partial charge in [0.15, 0.2) is 5.82 Å². The number of nitrogens with one attached hydrogen (secondary N) is 1. The molecule has 0 saturated heterocycles. The van der Waals surface area contributed by atoms with E-state index in [1.54, 1.807) is 4.52 Å². The highest BCUT2D eigenvalue weighted by molar-refractivity contribution is 7.20. The van der Waals surface area contributed by atoms with Crippen LogP contribution in [0.2, 0.25) is 0 Å². The lowest BCUT2D eigenvalue weighted by Gasteiger charge is -2.19. The summed E-state index contributed by atoms with van der Waals surface area (Å²) in [6.07, 6.45) is 5.47. The number of carbonyl (C=O) groups excluding carboxylic acids is 1. The van der Waals surface area contributed by atoms with E-state index in [4.69, 9.17) is 0 Å². The van der Waals surface area contributed by atoms with Gasteiger partial charge in [0.25, 0.3) is 0 Å². The molecule has 1 aliphatic carbocycles. The Labute approximate surface area is 137 Å². The number of hydrogen-bond acceptors (Lipinski definition) is 5. The number of fused-ring (bicyclic) bond motifs is 1. The highest BCUT2D eigenvalue weighted by Crippen LogP contribution is 2.27. The first-order chi connectivity index (χ1) is 11.3. The zero-order valence-electron chi connectivity index (χ0n) is 12.6. The number of aromatic nitrogens is 4. The van der Waals surface area contributed by atoms with E-state index in [0.717, 1.165) is 31.2 Å². The van der Waals surface area contributed by atoms with Gasteiger partial charge in [0.05, 0.1) is 0 Å². The molecule has 0 unspecified atom stereocenters. The maximum absolute atomic E-state index is 12.3. The average molecular weight is 327 g/mol. The second-order valence-electron chi connectivity index (χ2n) is 5.82. The van der Waals surface area contributed by atoms with Gasteiger partial charge in [0.1, 0.15) is 0 Å². The minimum absolute atomic E-state index is 0.0796. The molecule has 7 heteroatoms. The summed E-state index contributed by atoms with van der Waals surface area (Å²) < 4.78 is 1.69. The maximum Gasteiger partial charge on any atom is 0.236 e. The van der Waals surface area contributed by atoms with Crippen LogP contribution >= 0.6 is 11.3 Å². The van der Waals surface area contributed by atoms with Crippen molar-refractivity contribution in [3.63, 3.8) is 0 Å². The fraction of sp³-hybridized carbons (Fsp3) is 0.375. The summed E-state index contributed by atoms with van der Waals surface area (Å²) in [6.45, 7) is 0. The average Bonchev–Trinajstić information content (AvgIpc) is 3.16. The van der Waals surface area contributed by atoms with Crippen LogP contribution in [0.4, 0.5) is 5.13 Å². The van der Waals surface area contributed by atoms with E-state index in [1.807, 2.05) is 30.3 Å². The van der Waals surface area contributed by atoms with Crippen molar-refractivity contribution < 1.29 is 4.79 Å². The third-order valence-corrected chi connectivity index (χ3v) is 5.04. The van der Waals surface area contributed by atoms with E-state index < -0.39 is 0 Å². The minimum Gasteiger partial charge on any atom is -0.300 e. The first kappa shape index (κ1) is 14.3. The lowest BCUT2D eigenvalue weighted by atomic mass is 9.89. The van der Waals surface area contributed by atoms with E-state index in [-0.39, 0.29) is 11.8 Å². The Morgan fingerprint density at radius 2 is 1.91 bits per heavy atom. The molecule has 1 saturated carbocycles. The van der Waals surface area contributed by atoms with Gasteiger partial charge in [-0.05, 0) is 12.8 Å². The van der Waals surface area contributed by atoms with Crippen LogP contribution in [-0.4, -0.2) is 25.7 Å². The monoisotopic (exact) mass is 327 g/mol. The predicted octanol–water partition coefficient (Wildman–Crippen LogP) is 3.37. The van der Waals surface area contributed by atoms with Crippen LogP contribution < -0.4 is 5.32 Å². The Balaban J connectivity index is 1.57. The van der Waals surface area contributed by atoms with E-state index in [9.17, 15) is 4.79 Å². The maximum atomic E-state index is 12.3. The van der Waals surface area contributed by atoms with Crippen molar-refractivity contribution in [3.8, 4) is 11.4 Å². The summed E-state index contributed by atoms with van der Waals surface area (Å²) in [5.41, 5.74) is 0.954. The van der Waals surface area contributed by atoms with E-state index in [1.165, 1.54) is 17.8 Å². The third kappa shape index (κ3) is 2.84. The van der Waals surface area contributed by atoms with Crippen LogP contribution in [0.25, 0.3) is 16.3 Å². The van der Waals surface area contributed by atoms with Gasteiger partial charge >= 0.3 is 0 Å². The summed E-state index contributed by atoms with van der Waals surface area (Å²) in [5, 5.41) is 16.3. The van der Waals surface area contributed by atoms with Gasteiger partial charge in [-0.25, -0.2) is 0 Å². The molecule has 2 heterocycles. The number of benzene rings is 1. The van der Waals surface area contributed by atoms with Gasteiger partial charge in [-0.15, -0.1) is 15.3 Å². The fourth-order valence-electron chi connectivity index (χ4n) is 3.01. The topological polar surface area (TPSA) is 72.2 Å². The van der Waals surface area contributed by atoms with Crippen LogP contribution in [-0.2, 0) is 4.79 Å². The second kappa shape index (κ2) is 6.08. The standard InChI is InChI=1S/C16H17N5OS/c22-14(12-9-5-2-6-10-12)17-15-20-21-13(18-19-16(21)23-15)11-7-3-1-4-8-11/h1,3-4,7-8,12H,2,5-6,9-10H2,(H,17,20,22). The molecule has 1 amide bonds. The Morgan fingerprint density at radius 1 is 1.13 bits per heavy atom. The van der Waals surface area contributed by atoms with Crippen molar-refractivity contribution in [2.45, 2.75) is 32.1 Å². The number of anilines is 1. The number of amides is 1. The van der Waals surface area contributed by atoms with Crippen LogP contribution in [0.1, 0.15) is 32.1 Å². The molecule has 1 fully saturated rings. The molecule has 1 N–H and O–H groups in total. The molecule has 4 rings (SSSR count). The smallest absolute Gasteiger partial charge is 0.236 e. The van der Waals surface area contributed by atoms with Crippen molar-refractivity contribution in [1.29, 1.82) is 0 Å². The van der Waals surface area contributed by atoms with Crippen LogP contribution in [0.5, 0.6) is 0 Å².